The maximum atomic E-state index is 11.0. The van der Waals surface area contributed by atoms with Crippen LogP contribution in [0.4, 0.5) is 0 Å². The minimum atomic E-state index is -1.24. The van der Waals surface area contributed by atoms with Crippen molar-refractivity contribution in [3.8, 4) is 11.3 Å². The zero-order chi connectivity index (χ0) is 25.2. The Morgan fingerprint density at radius 2 is 1.89 bits per heavy atom. The third-order valence-corrected chi connectivity index (χ3v) is 7.03. The summed E-state index contributed by atoms with van der Waals surface area (Å²) in [7, 11) is 1.86. The Labute approximate surface area is 207 Å². The SMILES string of the molecule is Cc1cc(C(C2CCOCC2)n2c3cc(-c4c(C)nnn4C)cnc3c3onc(C(C)(C)O)c32)on1. The first-order valence-corrected chi connectivity index (χ1v) is 12.1. The molecule has 1 atom stereocenters. The van der Waals surface area contributed by atoms with Crippen LogP contribution in [0.5, 0.6) is 0 Å². The quantitative estimate of drug-likeness (QED) is 0.390. The number of rotatable bonds is 5. The Kier molecular flexibility index (Phi) is 5.23. The van der Waals surface area contributed by atoms with Crippen LogP contribution in [-0.4, -0.2) is 53.2 Å². The first-order valence-electron chi connectivity index (χ1n) is 12.1. The third kappa shape index (κ3) is 3.53. The van der Waals surface area contributed by atoms with Crippen molar-refractivity contribution in [1.29, 1.82) is 0 Å². The van der Waals surface area contributed by atoms with E-state index >= 15 is 0 Å². The van der Waals surface area contributed by atoms with E-state index in [4.69, 9.17) is 18.8 Å². The van der Waals surface area contributed by atoms with Gasteiger partial charge in [-0.1, -0.05) is 15.5 Å². The van der Waals surface area contributed by atoms with Gasteiger partial charge >= 0.3 is 0 Å². The molecule has 1 aliphatic rings. The lowest BCUT2D eigenvalue weighted by atomic mass is 9.89. The standard InChI is InChI=1S/C25H29N7O4/c1-13-10-18(35-28-13)21(15-6-8-34-9-7-15)32-17-11-16(20-14(2)27-30-31(20)5)12-26-19(17)23-22(32)24(29-36-23)25(3,4)33/h10-12,15,21,33H,6-9H2,1-5H3. The Morgan fingerprint density at radius 3 is 2.53 bits per heavy atom. The van der Waals surface area contributed by atoms with Crippen LogP contribution < -0.4 is 0 Å². The van der Waals surface area contributed by atoms with Gasteiger partial charge in [-0.25, -0.2) is 9.67 Å². The summed E-state index contributed by atoms with van der Waals surface area (Å²) in [4.78, 5) is 4.81. The minimum Gasteiger partial charge on any atom is -0.384 e. The summed E-state index contributed by atoms with van der Waals surface area (Å²) in [6, 6.07) is 3.83. The minimum absolute atomic E-state index is 0.207. The smallest absolute Gasteiger partial charge is 0.211 e. The number of pyridine rings is 1. The highest BCUT2D eigenvalue weighted by Crippen LogP contribution is 2.43. The molecule has 1 aliphatic heterocycles. The summed E-state index contributed by atoms with van der Waals surface area (Å²) in [6.45, 7) is 8.59. The topological polar surface area (TPSA) is 130 Å². The van der Waals surface area contributed by atoms with E-state index in [-0.39, 0.29) is 12.0 Å². The van der Waals surface area contributed by atoms with Crippen LogP contribution in [-0.2, 0) is 17.4 Å². The molecule has 0 amide bonds. The van der Waals surface area contributed by atoms with E-state index in [1.807, 2.05) is 27.0 Å². The number of ether oxygens (including phenoxy) is 1. The number of hydrogen-bond donors (Lipinski definition) is 1. The van der Waals surface area contributed by atoms with Crippen LogP contribution in [0.1, 0.15) is 55.6 Å². The Balaban J connectivity index is 1.70. The van der Waals surface area contributed by atoms with Crippen LogP contribution in [0, 0.1) is 19.8 Å². The van der Waals surface area contributed by atoms with Crippen LogP contribution in [0.3, 0.4) is 0 Å². The molecule has 1 saturated heterocycles. The number of fused-ring (bicyclic) bond motifs is 3. The highest BCUT2D eigenvalue weighted by molar-refractivity contribution is 6.04. The van der Waals surface area contributed by atoms with Gasteiger partial charge in [0.1, 0.15) is 22.3 Å². The van der Waals surface area contributed by atoms with Gasteiger partial charge in [0, 0.05) is 38.1 Å². The second kappa shape index (κ2) is 8.24. The average Bonchev–Trinajstić information content (AvgIpc) is 3.60. The van der Waals surface area contributed by atoms with E-state index in [0.29, 0.717) is 35.5 Å². The summed E-state index contributed by atoms with van der Waals surface area (Å²) in [5.41, 5.74) is 5.33. The van der Waals surface area contributed by atoms with Crippen molar-refractivity contribution in [3.05, 3.63) is 41.2 Å². The lowest BCUT2D eigenvalue weighted by molar-refractivity contribution is 0.0511. The maximum absolute atomic E-state index is 11.0. The van der Waals surface area contributed by atoms with Gasteiger partial charge in [-0.05, 0) is 52.5 Å². The molecule has 0 aliphatic carbocycles. The normalized spacial score (nSPS) is 16.4. The number of hydrogen-bond acceptors (Lipinski definition) is 9. The zero-order valence-corrected chi connectivity index (χ0v) is 21.0. The van der Waals surface area contributed by atoms with Gasteiger partial charge in [0.25, 0.3) is 0 Å². The van der Waals surface area contributed by atoms with Gasteiger partial charge in [0.15, 0.2) is 5.76 Å². The van der Waals surface area contributed by atoms with Crippen molar-refractivity contribution in [3.63, 3.8) is 0 Å². The predicted molar refractivity (Wildman–Crippen MR) is 130 cm³/mol. The fourth-order valence-corrected chi connectivity index (χ4v) is 5.40. The highest BCUT2D eigenvalue weighted by Gasteiger charge is 2.37. The van der Waals surface area contributed by atoms with Gasteiger partial charge in [-0.3, -0.25) is 0 Å². The molecule has 1 N–H and O–H groups in total. The van der Waals surface area contributed by atoms with Crippen LogP contribution in [0.2, 0.25) is 0 Å². The second-order valence-electron chi connectivity index (χ2n) is 10.1. The highest BCUT2D eigenvalue weighted by atomic mass is 16.5. The summed E-state index contributed by atoms with van der Waals surface area (Å²) in [6.07, 6.45) is 3.51. The van der Waals surface area contributed by atoms with Gasteiger partial charge in [-0.2, -0.15) is 0 Å². The molecule has 6 rings (SSSR count). The van der Waals surface area contributed by atoms with Crippen molar-refractivity contribution in [2.45, 2.75) is 52.2 Å². The molecule has 0 bridgehead atoms. The number of aryl methyl sites for hydroxylation is 3. The molecule has 0 radical (unpaired) electrons. The van der Waals surface area contributed by atoms with Gasteiger partial charge in [-0.15, -0.1) is 5.10 Å². The molecule has 0 saturated carbocycles. The number of nitrogens with zero attached hydrogens (tertiary/aromatic N) is 7. The molecule has 1 fully saturated rings. The summed E-state index contributed by atoms with van der Waals surface area (Å²) in [5, 5.41) is 27.9. The molecule has 36 heavy (non-hydrogen) atoms. The molecule has 1 unspecified atom stereocenters. The largest absolute Gasteiger partial charge is 0.384 e. The van der Waals surface area contributed by atoms with E-state index < -0.39 is 5.60 Å². The molecular weight excluding hydrogens is 462 g/mol. The van der Waals surface area contributed by atoms with E-state index in [1.54, 1.807) is 24.7 Å². The lowest BCUT2D eigenvalue weighted by Gasteiger charge is -2.31. The van der Waals surface area contributed by atoms with Crippen molar-refractivity contribution >= 4 is 22.1 Å². The molecule has 0 spiro atoms. The number of aromatic nitrogens is 7. The predicted octanol–water partition coefficient (Wildman–Crippen LogP) is 3.82. The molecule has 11 heteroatoms. The third-order valence-electron chi connectivity index (χ3n) is 7.03. The number of aliphatic hydroxyl groups is 1. The van der Waals surface area contributed by atoms with Crippen LogP contribution in [0.15, 0.2) is 27.4 Å². The van der Waals surface area contributed by atoms with Crippen molar-refractivity contribution in [2.75, 3.05) is 13.2 Å². The lowest BCUT2D eigenvalue weighted by Crippen LogP contribution is -2.27. The second-order valence-corrected chi connectivity index (χ2v) is 10.1. The summed E-state index contributed by atoms with van der Waals surface area (Å²) < 4.78 is 21.3. The Bertz CT molecular complexity index is 1540. The van der Waals surface area contributed by atoms with Gasteiger partial charge in [0.2, 0.25) is 5.58 Å². The monoisotopic (exact) mass is 491 g/mol. The molecule has 5 aromatic rings. The van der Waals surface area contributed by atoms with E-state index in [2.05, 4.69) is 31.3 Å². The van der Waals surface area contributed by atoms with Crippen molar-refractivity contribution in [2.24, 2.45) is 13.0 Å². The Morgan fingerprint density at radius 1 is 1.11 bits per heavy atom. The van der Waals surface area contributed by atoms with Crippen LogP contribution in [0.25, 0.3) is 33.4 Å². The van der Waals surface area contributed by atoms with E-state index in [1.165, 1.54) is 0 Å². The van der Waals surface area contributed by atoms with E-state index in [9.17, 15) is 5.11 Å². The summed E-state index contributed by atoms with van der Waals surface area (Å²) >= 11 is 0. The molecule has 0 aromatic carbocycles. The first kappa shape index (κ1) is 22.9. The van der Waals surface area contributed by atoms with Gasteiger partial charge < -0.3 is 23.5 Å². The van der Waals surface area contributed by atoms with Crippen molar-refractivity contribution < 1.29 is 18.9 Å². The molecule has 6 heterocycles. The molecule has 11 nitrogen and oxygen atoms in total. The maximum Gasteiger partial charge on any atom is 0.211 e. The van der Waals surface area contributed by atoms with Crippen molar-refractivity contribution in [1.82, 2.24) is 34.9 Å². The molecule has 5 aromatic heterocycles. The fourth-order valence-electron chi connectivity index (χ4n) is 5.40. The van der Waals surface area contributed by atoms with Crippen LogP contribution >= 0.6 is 0 Å². The molecular formula is C25H29N7O4. The first-order chi connectivity index (χ1) is 17.2. The van der Waals surface area contributed by atoms with E-state index in [0.717, 1.165) is 46.8 Å². The fraction of sp³-hybridized carbons (Fsp3) is 0.480. The average molecular weight is 492 g/mol. The van der Waals surface area contributed by atoms with Gasteiger partial charge in [0.05, 0.1) is 28.6 Å². The summed E-state index contributed by atoms with van der Waals surface area (Å²) in [5.74, 6) is 0.947. The zero-order valence-electron chi connectivity index (χ0n) is 21.0. The Hall–Kier alpha value is -3.57. The molecule has 188 valence electrons.